The van der Waals surface area contributed by atoms with Gasteiger partial charge in [-0.2, -0.15) is 0 Å². The van der Waals surface area contributed by atoms with Crippen molar-refractivity contribution in [3.63, 3.8) is 0 Å². The summed E-state index contributed by atoms with van der Waals surface area (Å²) in [7, 11) is 3.46. The number of methoxy groups -OCH3 is 1. The van der Waals surface area contributed by atoms with Crippen LogP contribution >= 0.6 is 11.6 Å². The second kappa shape index (κ2) is 7.63. The Morgan fingerprint density at radius 2 is 2.36 bits per heavy atom. The van der Waals surface area contributed by atoms with Crippen LogP contribution in [-0.4, -0.2) is 20.8 Å². The van der Waals surface area contributed by atoms with E-state index >= 15 is 0 Å². The highest BCUT2D eigenvalue weighted by molar-refractivity contribution is 6.29. The van der Waals surface area contributed by atoms with Gasteiger partial charge in [0.2, 0.25) is 0 Å². The van der Waals surface area contributed by atoms with Crippen molar-refractivity contribution >= 4 is 11.6 Å². The quantitative estimate of drug-likeness (QED) is 0.392. The number of ether oxygens (including phenoxy) is 1. The van der Waals surface area contributed by atoms with E-state index < -0.39 is 0 Å². The summed E-state index contributed by atoms with van der Waals surface area (Å²) >= 11 is 5.65. The highest BCUT2D eigenvalue weighted by Gasteiger charge is 1.79. The van der Waals surface area contributed by atoms with Crippen molar-refractivity contribution in [1.82, 2.24) is 5.32 Å². The van der Waals surface area contributed by atoms with E-state index in [2.05, 4.69) is 5.32 Å². The van der Waals surface area contributed by atoms with Crippen LogP contribution in [0.5, 0.6) is 0 Å². The molecule has 0 aromatic rings. The first-order valence-corrected chi connectivity index (χ1v) is 3.88. The Hall–Kier alpha value is -0.470. The number of halogens is 1. The maximum atomic E-state index is 5.65. The summed E-state index contributed by atoms with van der Waals surface area (Å²) in [6, 6.07) is 0. The van der Waals surface area contributed by atoms with Gasteiger partial charge in [-0.25, -0.2) is 0 Å². The van der Waals surface area contributed by atoms with Gasteiger partial charge in [0.05, 0.1) is 0 Å². The van der Waals surface area contributed by atoms with Crippen LogP contribution in [0.25, 0.3) is 0 Å². The molecule has 0 aliphatic heterocycles. The molecule has 0 saturated carbocycles. The Labute approximate surface area is 72.9 Å². The van der Waals surface area contributed by atoms with Crippen LogP contribution in [0.2, 0.25) is 0 Å². The Kier molecular flexibility index (Phi) is 7.31. The van der Waals surface area contributed by atoms with Crippen LogP contribution in [0.1, 0.15) is 6.42 Å². The van der Waals surface area contributed by atoms with Crippen molar-refractivity contribution in [2.24, 2.45) is 0 Å². The standard InChI is InChI=1S/C8H14ClNO/c1-10-8(9)6-4-3-5-7-11-2/h3-4,6,10H,5,7H2,1-2H3/b4-3+,8-6-. The van der Waals surface area contributed by atoms with E-state index in [0.29, 0.717) is 5.16 Å². The summed E-state index contributed by atoms with van der Waals surface area (Å²) in [4.78, 5) is 0. The lowest BCUT2D eigenvalue weighted by Crippen LogP contribution is -1.97. The van der Waals surface area contributed by atoms with E-state index in [-0.39, 0.29) is 0 Å². The van der Waals surface area contributed by atoms with E-state index in [1.54, 1.807) is 20.2 Å². The molecular formula is C8H14ClNO. The number of nitrogens with one attached hydrogen (secondary N) is 1. The average Bonchev–Trinajstić information content (AvgIpc) is 2.04. The fraction of sp³-hybridized carbons (Fsp3) is 0.500. The van der Waals surface area contributed by atoms with Crippen molar-refractivity contribution < 1.29 is 4.74 Å². The fourth-order valence-electron chi connectivity index (χ4n) is 0.518. The summed E-state index contributed by atoms with van der Waals surface area (Å²) in [6.07, 6.45) is 6.62. The molecule has 0 spiro atoms. The second-order valence-electron chi connectivity index (χ2n) is 1.97. The predicted molar refractivity (Wildman–Crippen MR) is 48.6 cm³/mol. The molecule has 0 aliphatic rings. The molecule has 11 heavy (non-hydrogen) atoms. The molecule has 0 amide bonds. The molecule has 1 N–H and O–H groups in total. The smallest absolute Gasteiger partial charge is 0.101 e. The molecule has 0 unspecified atom stereocenters. The van der Waals surface area contributed by atoms with Crippen molar-refractivity contribution in [2.75, 3.05) is 20.8 Å². The minimum absolute atomic E-state index is 0.638. The summed E-state index contributed by atoms with van der Waals surface area (Å²) in [6.45, 7) is 0.752. The van der Waals surface area contributed by atoms with Gasteiger partial charge in [0, 0.05) is 20.8 Å². The molecule has 0 fully saturated rings. The van der Waals surface area contributed by atoms with Crippen molar-refractivity contribution in [3.05, 3.63) is 23.4 Å². The van der Waals surface area contributed by atoms with Crippen LogP contribution in [0.4, 0.5) is 0 Å². The van der Waals surface area contributed by atoms with E-state index in [1.165, 1.54) is 0 Å². The molecule has 0 aromatic heterocycles. The average molecular weight is 176 g/mol. The zero-order valence-corrected chi connectivity index (χ0v) is 7.69. The lowest BCUT2D eigenvalue weighted by molar-refractivity contribution is 0.204. The zero-order valence-electron chi connectivity index (χ0n) is 6.93. The van der Waals surface area contributed by atoms with Gasteiger partial charge in [-0.3, -0.25) is 0 Å². The lowest BCUT2D eigenvalue weighted by Gasteiger charge is -1.91. The molecule has 0 aliphatic carbocycles. The predicted octanol–water partition coefficient (Wildman–Crippen LogP) is 1.88. The largest absolute Gasteiger partial charge is 0.384 e. The Morgan fingerprint density at radius 1 is 1.64 bits per heavy atom. The first-order chi connectivity index (χ1) is 5.31. The fourth-order valence-corrected chi connectivity index (χ4v) is 0.591. The van der Waals surface area contributed by atoms with Crippen LogP contribution in [0, 0.1) is 0 Å². The number of hydrogen-bond acceptors (Lipinski definition) is 2. The molecule has 2 nitrogen and oxygen atoms in total. The van der Waals surface area contributed by atoms with Gasteiger partial charge >= 0.3 is 0 Å². The van der Waals surface area contributed by atoms with E-state index in [0.717, 1.165) is 13.0 Å². The Morgan fingerprint density at radius 3 is 2.91 bits per heavy atom. The second-order valence-corrected chi connectivity index (χ2v) is 2.38. The minimum atomic E-state index is 0.638. The number of rotatable bonds is 5. The summed E-state index contributed by atoms with van der Waals surface area (Å²) in [5, 5.41) is 3.44. The highest BCUT2D eigenvalue weighted by atomic mass is 35.5. The lowest BCUT2D eigenvalue weighted by atomic mass is 10.4. The molecule has 0 aromatic carbocycles. The summed E-state index contributed by atoms with van der Waals surface area (Å²) in [5.74, 6) is 0. The van der Waals surface area contributed by atoms with Crippen LogP contribution in [-0.2, 0) is 4.74 Å². The first kappa shape index (κ1) is 10.5. The van der Waals surface area contributed by atoms with Gasteiger partial charge in [0.1, 0.15) is 5.16 Å². The van der Waals surface area contributed by atoms with Gasteiger partial charge < -0.3 is 10.1 Å². The monoisotopic (exact) mass is 175 g/mol. The number of allylic oxidation sites excluding steroid dienone is 2. The molecule has 0 saturated heterocycles. The Balaban J connectivity index is 3.42. The molecular weight excluding hydrogens is 162 g/mol. The summed E-state index contributed by atoms with van der Waals surface area (Å²) in [5.41, 5.74) is 0. The molecule has 0 atom stereocenters. The van der Waals surface area contributed by atoms with Crippen LogP contribution in [0.3, 0.4) is 0 Å². The molecule has 0 heterocycles. The van der Waals surface area contributed by atoms with Crippen LogP contribution < -0.4 is 5.32 Å². The number of hydrogen-bond donors (Lipinski definition) is 1. The topological polar surface area (TPSA) is 21.3 Å². The molecule has 0 rings (SSSR count). The maximum Gasteiger partial charge on any atom is 0.101 e. The normalized spacial score (nSPS) is 12.5. The minimum Gasteiger partial charge on any atom is -0.384 e. The van der Waals surface area contributed by atoms with Gasteiger partial charge in [-0.1, -0.05) is 23.8 Å². The van der Waals surface area contributed by atoms with Gasteiger partial charge in [-0.15, -0.1) is 0 Å². The molecule has 0 bridgehead atoms. The molecule has 64 valence electrons. The van der Waals surface area contributed by atoms with E-state index in [4.69, 9.17) is 16.3 Å². The highest BCUT2D eigenvalue weighted by Crippen LogP contribution is 1.94. The molecule has 0 radical (unpaired) electrons. The van der Waals surface area contributed by atoms with Gasteiger partial charge in [0.15, 0.2) is 0 Å². The maximum absolute atomic E-state index is 5.65. The van der Waals surface area contributed by atoms with Gasteiger partial charge in [0.25, 0.3) is 0 Å². The Bertz CT molecular complexity index is 143. The van der Waals surface area contributed by atoms with Crippen LogP contribution in [0.15, 0.2) is 23.4 Å². The van der Waals surface area contributed by atoms with Crippen molar-refractivity contribution in [2.45, 2.75) is 6.42 Å². The third kappa shape index (κ3) is 7.43. The SMILES string of the molecule is CN/C(Cl)=C\C=C\CCOC. The third-order valence-electron chi connectivity index (χ3n) is 1.11. The van der Waals surface area contributed by atoms with Gasteiger partial charge in [-0.05, 0) is 12.5 Å². The third-order valence-corrected chi connectivity index (χ3v) is 1.42. The zero-order chi connectivity index (χ0) is 8.53. The first-order valence-electron chi connectivity index (χ1n) is 3.50. The molecule has 3 heteroatoms. The van der Waals surface area contributed by atoms with Crippen molar-refractivity contribution in [3.8, 4) is 0 Å². The summed E-state index contributed by atoms with van der Waals surface area (Å²) < 4.78 is 4.85. The van der Waals surface area contributed by atoms with Crippen molar-refractivity contribution in [1.29, 1.82) is 0 Å². The van der Waals surface area contributed by atoms with E-state index in [9.17, 15) is 0 Å². The van der Waals surface area contributed by atoms with E-state index in [1.807, 2.05) is 12.2 Å².